The topological polar surface area (TPSA) is 26.0 Å². The largest absolute Gasteiger partial charge is 0.327 e. The highest BCUT2D eigenvalue weighted by Gasteiger charge is 2.12. The van der Waals surface area contributed by atoms with Crippen molar-refractivity contribution in [3.8, 4) is 0 Å². The maximum absolute atomic E-state index is 6.06. The minimum absolute atomic E-state index is 0.249. The highest BCUT2D eigenvalue weighted by molar-refractivity contribution is 5.55. The molecule has 0 fully saturated rings. The molecule has 1 nitrogen and oxygen atoms in total. The van der Waals surface area contributed by atoms with Crippen LogP contribution in [-0.2, 0) is 6.42 Å². The summed E-state index contributed by atoms with van der Waals surface area (Å²) in [6, 6.07) is 6.68. The van der Waals surface area contributed by atoms with E-state index in [0.29, 0.717) is 5.92 Å². The molecule has 1 atom stereocenters. The van der Waals surface area contributed by atoms with Crippen molar-refractivity contribution in [1.29, 1.82) is 0 Å². The van der Waals surface area contributed by atoms with Gasteiger partial charge in [-0.15, -0.1) is 0 Å². The lowest BCUT2D eigenvalue weighted by Crippen LogP contribution is -2.22. The van der Waals surface area contributed by atoms with E-state index in [1.54, 1.807) is 0 Å². The molecule has 0 saturated heterocycles. The Morgan fingerprint density at radius 1 is 1.38 bits per heavy atom. The van der Waals surface area contributed by atoms with Gasteiger partial charge < -0.3 is 5.73 Å². The van der Waals surface area contributed by atoms with Gasteiger partial charge in [0.1, 0.15) is 0 Å². The van der Waals surface area contributed by atoms with Crippen molar-refractivity contribution in [2.75, 3.05) is 0 Å². The second kappa shape index (κ2) is 5.86. The minimum Gasteiger partial charge on any atom is -0.327 e. The van der Waals surface area contributed by atoms with Crippen LogP contribution in [0.1, 0.15) is 49.8 Å². The molecular formula is C15H23N. The predicted octanol–water partition coefficient (Wildman–Crippen LogP) is 3.73. The Balaban J connectivity index is 3.14. The molecule has 88 valence electrons. The van der Waals surface area contributed by atoms with Gasteiger partial charge in [-0.05, 0) is 35.4 Å². The van der Waals surface area contributed by atoms with Crippen LogP contribution < -0.4 is 5.73 Å². The molecule has 1 aromatic carbocycles. The summed E-state index contributed by atoms with van der Waals surface area (Å²) in [6.07, 6.45) is 3.90. The molecule has 1 heteroatoms. The van der Waals surface area contributed by atoms with E-state index in [1.807, 2.05) is 6.08 Å². The minimum atomic E-state index is 0.249. The molecule has 2 N–H and O–H groups in total. The zero-order chi connectivity index (χ0) is 12.1. The van der Waals surface area contributed by atoms with Gasteiger partial charge in [0.15, 0.2) is 0 Å². The van der Waals surface area contributed by atoms with Gasteiger partial charge in [0.2, 0.25) is 0 Å². The molecule has 0 aromatic heterocycles. The number of rotatable bonds is 5. The van der Waals surface area contributed by atoms with E-state index in [0.717, 1.165) is 12.8 Å². The normalized spacial score (nSPS) is 12.8. The first-order valence-electron chi connectivity index (χ1n) is 6.09. The van der Waals surface area contributed by atoms with Crippen molar-refractivity contribution in [2.45, 2.75) is 45.6 Å². The summed E-state index contributed by atoms with van der Waals surface area (Å²) in [7, 11) is 0. The molecule has 0 aliphatic heterocycles. The molecule has 16 heavy (non-hydrogen) atoms. The fraction of sp³-hybridized carbons (Fsp3) is 0.467. The Bertz CT molecular complexity index is 352. The van der Waals surface area contributed by atoms with Crippen molar-refractivity contribution in [3.05, 3.63) is 41.5 Å². The summed E-state index contributed by atoms with van der Waals surface area (Å²) in [5.74, 6) is 0.541. The fourth-order valence-corrected chi connectivity index (χ4v) is 2.00. The summed E-state index contributed by atoms with van der Waals surface area (Å²) < 4.78 is 0. The van der Waals surface area contributed by atoms with E-state index in [2.05, 4.69) is 45.5 Å². The van der Waals surface area contributed by atoms with Crippen molar-refractivity contribution in [1.82, 2.24) is 0 Å². The number of hydrogen-bond acceptors (Lipinski definition) is 1. The van der Waals surface area contributed by atoms with Gasteiger partial charge in [-0.25, -0.2) is 0 Å². The molecule has 0 aliphatic rings. The standard InChI is InChI=1S/C15H23N/c1-5-12-8-7-9-14(11(3)4)15(12)10-13(16)6-2/h5,7-9,11,13H,1,6,10,16H2,2-4H3/t13-/m0/s1. The summed E-state index contributed by atoms with van der Waals surface area (Å²) >= 11 is 0. The predicted molar refractivity (Wildman–Crippen MR) is 72.6 cm³/mol. The van der Waals surface area contributed by atoms with Crippen LogP contribution >= 0.6 is 0 Å². The van der Waals surface area contributed by atoms with E-state index in [9.17, 15) is 0 Å². The average Bonchev–Trinajstić information content (AvgIpc) is 2.28. The molecule has 0 amide bonds. The molecule has 0 bridgehead atoms. The molecular weight excluding hydrogens is 194 g/mol. The van der Waals surface area contributed by atoms with Gasteiger partial charge >= 0.3 is 0 Å². The second-order valence-corrected chi connectivity index (χ2v) is 4.65. The Kier molecular flexibility index (Phi) is 4.75. The monoisotopic (exact) mass is 217 g/mol. The van der Waals surface area contributed by atoms with E-state index in [4.69, 9.17) is 5.73 Å². The molecule has 0 radical (unpaired) electrons. The third-order valence-corrected chi connectivity index (χ3v) is 3.08. The third-order valence-electron chi connectivity index (χ3n) is 3.08. The number of hydrogen-bond donors (Lipinski definition) is 1. The van der Waals surface area contributed by atoms with Crippen LogP contribution in [0.25, 0.3) is 6.08 Å². The zero-order valence-corrected chi connectivity index (χ0v) is 10.7. The first-order chi connectivity index (χ1) is 7.60. The summed E-state index contributed by atoms with van der Waals surface area (Å²) in [4.78, 5) is 0. The Labute approximate surface area is 99.4 Å². The summed E-state index contributed by atoms with van der Waals surface area (Å²) in [5.41, 5.74) is 10.1. The van der Waals surface area contributed by atoms with Gasteiger partial charge in [-0.2, -0.15) is 0 Å². The zero-order valence-electron chi connectivity index (χ0n) is 10.7. The molecule has 1 aromatic rings. The van der Waals surface area contributed by atoms with Crippen LogP contribution in [0, 0.1) is 0 Å². The molecule has 0 saturated carbocycles. The van der Waals surface area contributed by atoms with Crippen molar-refractivity contribution >= 4 is 6.08 Å². The molecule has 0 unspecified atom stereocenters. The van der Waals surface area contributed by atoms with Gasteiger partial charge in [-0.1, -0.05) is 51.6 Å². The SMILES string of the molecule is C=Cc1cccc(C(C)C)c1C[C@@H](N)CC. The lowest BCUT2D eigenvalue weighted by Gasteiger charge is -2.18. The van der Waals surface area contributed by atoms with Crippen molar-refractivity contribution < 1.29 is 0 Å². The first-order valence-corrected chi connectivity index (χ1v) is 6.09. The van der Waals surface area contributed by atoms with Crippen molar-refractivity contribution in [2.24, 2.45) is 5.73 Å². The lowest BCUT2D eigenvalue weighted by atomic mass is 9.89. The van der Waals surface area contributed by atoms with Gasteiger partial charge in [0.25, 0.3) is 0 Å². The first kappa shape index (κ1) is 13.0. The van der Waals surface area contributed by atoms with Crippen LogP contribution in [0.5, 0.6) is 0 Å². The summed E-state index contributed by atoms with van der Waals surface area (Å²) in [6.45, 7) is 10.5. The second-order valence-electron chi connectivity index (χ2n) is 4.65. The number of nitrogens with two attached hydrogens (primary N) is 1. The maximum Gasteiger partial charge on any atom is 0.00770 e. The fourth-order valence-electron chi connectivity index (χ4n) is 2.00. The van der Waals surface area contributed by atoms with E-state index < -0.39 is 0 Å². The van der Waals surface area contributed by atoms with Gasteiger partial charge in [0, 0.05) is 6.04 Å². The number of benzene rings is 1. The van der Waals surface area contributed by atoms with Crippen LogP contribution in [0.4, 0.5) is 0 Å². The van der Waals surface area contributed by atoms with Crippen LogP contribution in [0.2, 0.25) is 0 Å². The Morgan fingerprint density at radius 2 is 2.06 bits per heavy atom. The molecule has 0 heterocycles. The van der Waals surface area contributed by atoms with Crippen LogP contribution in [-0.4, -0.2) is 6.04 Å². The van der Waals surface area contributed by atoms with E-state index in [-0.39, 0.29) is 6.04 Å². The lowest BCUT2D eigenvalue weighted by molar-refractivity contribution is 0.638. The average molecular weight is 217 g/mol. The molecule has 1 rings (SSSR count). The van der Waals surface area contributed by atoms with Gasteiger partial charge in [0.05, 0.1) is 0 Å². The highest BCUT2D eigenvalue weighted by atomic mass is 14.6. The highest BCUT2D eigenvalue weighted by Crippen LogP contribution is 2.25. The van der Waals surface area contributed by atoms with Gasteiger partial charge in [-0.3, -0.25) is 0 Å². The van der Waals surface area contributed by atoms with E-state index in [1.165, 1.54) is 16.7 Å². The molecule has 0 spiro atoms. The van der Waals surface area contributed by atoms with Crippen molar-refractivity contribution in [3.63, 3.8) is 0 Å². The smallest absolute Gasteiger partial charge is 0.00770 e. The maximum atomic E-state index is 6.06. The van der Waals surface area contributed by atoms with Crippen LogP contribution in [0.15, 0.2) is 24.8 Å². The third kappa shape index (κ3) is 2.96. The quantitative estimate of drug-likeness (QED) is 0.799. The van der Waals surface area contributed by atoms with E-state index >= 15 is 0 Å². The molecule has 0 aliphatic carbocycles. The Hall–Kier alpha value is -1.08. The Morgan fingerprint density at radius 3 is 2.56 bits per heavy atom. The van der Waals surface area contributed by atoms with Crippen LogP contribution in [0.3, 0.4) is 0 Å². The summed E-state index contributed by atoms with van der Waals surface area (Å²) in [5, 5.41) is 0.